The predicted molar refractivity (Wildman–Crippen MR) is 250 cm³/mol. The Hall–Kier alpha value is -4.44. The van der Waals surface area contributed by atoms with Gasteiger partial charge in [0.15, 0.2) is 0 Å². The van der Waals surface area contributed by atoms with E-state index in [2.05, 4.69) is 0 Å². The molecule has 2 heterocycles. The van der Waals surface area contributed by atoms with Crippen molar-refractivity contribution in [3.63, 3.8) is 0 Å². The summed E-state index contributed by atoms with van der Waals surface area (Å²) < 4.78 is 83.4. The minimum Gasteiger partial charge on any atom is -0.314 e. The normalized spacial score (nSPS) is 22.3. The van der Waals surface area contributed by atoms with Gasteiger partial charge in [-0.2, -0.15) is 0 Å². The zero-order valence-corrected chi connectivity index (χ0v) is 37.0. The Balaban J connectivity index is 0.843. The monoisotopic (exact) mass is 884 g/mol. The highest BCUT2D eigenvalue weighted by Gasteiger charge is 2.49. The quantitative estimate of drug-likeness (QED) is 0.125. The van der Waals surface area contributed by atoms with Crippen LogP contribution in [0.3, 0.4) is 0 Å². The molecule has 308 valence electrons. The molecule has 2 fully saturated rings. The van der Waals surface area contributed by atoms with Crippen molar-refractivity contribution >= 4 is 93.8 Å². The van der Waals surface area contributed by atoms with E-state index in [1.54, 1.807) is 0 Å². The van der Waals surface area contributed by atoms with Gasteiger partial charge in [0.2, 0.25) is 0 Å². The first-order chi connectivity index (χ1) is 29.5. The average Bonchev–Trinajstić information content (AvgIpc) is 3.31. The van der Waals surface area contributed by atoms with Gasteiger partial charge in [0.05, 0.1) is 44.2 Å². The van der Waals surface area contributed by atoms with Crippen molar-refractivity contribution in [2.75, 3.05) is 51.1 Å². The topological polar surface area (TPSA) is 105 Å². The van der Waals surface area contributed by atoms with E-state index in [9.17, 15) is 9.13 Å². The van der Waals surface area contributed by atoms with Gasteiger partial charge in [-0.3, -0.25) is 9.13 Å². The highest BCUT2D eigenvalue weighted by molar-refractivity contribution is 7.79. The van der Waals surface area contributed by atoms with Crippen LogP contribution in [0, 0.1) is 5.41 Å². The Morgan fingerprint density at radius 2 is 0.623 bits per heavy atom. The van der Waals surface area contributed by atoms with Gasteiger partial charge in [0.25, 0.3) is 0 Å². The summed E-state index contributed by atoms with van der Waals surface area (Å²) in [4.78, 5) is 0. The summed E-state index contributed by atoms with van der Waals surface area (Å²) in [5.74, 6) is 0. The maximum absolute atomic E-state index is 15.4. The van der Waals surface area contributed by atoms with Crippen LogP contribution >= 0.6 is 29.5 Å². The van der Waals surface area contributed by atoms with Crippen molar-refractivity contribution in [2.24, 2.45) is 5.41 Å². The molecule has 0 atom stereocenters. The van der Waals surface area contributed by atoms with Crippen LogP contribution in [0.1, 0.15) is 0 Å². The third-order valence-corrected chi connectivity index (χ3v) is 22.7. The van der Waals surface area contributed by atoms with Crippen molar-refractivity contribution in [2.45, 2.75) is 0 Å². The molecule has 0 unspecified atom stereocenters. The van der Waals surface area contributed by atoms with E-state index in [1.807, 2.05) is 170 Å². The lowest BCUT2D eigenvalue weighted by atomic mass is 9.93. The summed E-state index contributed by atoms with van der Waals surface area (Å²) in [5.41, 5.74) is -0.845. The SMILES string of the molecule is O=P1(CCP(=O)(c2ccc3ccccc3c2)c2ccc3ccccc3c2)OCC2(CO1)COP(=O)(CCP(=O)(c1ccc3ccccc3c1)c1ccc3ccccc3c1)OC2. The first-order valence-corrected chi connectivity index (χ1v) is 27.7. The van der Waals surface area contributed by atoms with E-state index in [1.165, 1.54) is 0 Å². The summed E-state index contributed by atoms with van der Waals surface area (Å²) in [6.45, 7) is -0.0270. The molecule has 10 rings (SSSR count). The molecule has 0 bridgehead atoms. The molecule has 0 radical (unpaired) electrons. The van der Waals surface area contributed by atoms with Crippen molar-refractivity contribution in [3.8, 4) is 0 Å². The molecule has 12 heteroatoms. The third kappa shape index (κ3) is 7.95. The Morgan fingerprint density at radius 3 is 0.885 bits per heavy atom. The number of fused-ring (bicyclic) bond motifs is 4. The van der Waals surface area contributed by atoms with Gasteiger partial charge in [-0.1, -0.05) is 146 Å². The van der Waals surface area contributed by atoms with Gasteiger partial charge in [0, 0.05) is 33.5 Å². The molecule has 0 amide bonds. The molecule has 0 aromatic heterocycles. The zero-order valence-electron chi connectivity index (χ0n) is 33.4. The van der Waals surface area contributed by atoms with E-state index in [4.69, 9.17) is 18.1 Å². The van der Waals surface area contributed by atoms with Crippen LogP contribution in [0.25, 0.3) is 43.1 Å². The van der Waals surface area contributed by atoms with Gasteiger partial charge < -0.3 is 27.2 Å². The van der Waals surface area contributed by atoms with Crippen molar-refractivity contribution < 1.29 is 36.4 Å². The second-order valence-electron chi connectivity index (χ2n) is 16.3. The Bertz CT molecular complexity index is 2780. The smallest absolute Gasteiger partial charge is 0.314 e. The van der Waals surface area contributed by atoms with E-state index in [0.29, 0.717) is 21.2 Å². The maximum Gasteiger partial charge on any atom is 0.331 e. The molecule has 61 heavy (non-hydrogen) atoms. The van der Waals surface area contributed by atoms with E-state index in [0.717, 1.165) is 43.1 Å². The van der Waals surface area contributed by atoms with E-state index in [-0.39, 0.29) is 51.1 Å². The van der Waals surface area contributed by atoms with Crippen LogP contribution in [0.4, 0.5) is 0 Å². The molecule has 8 aromatic rings. The lowest BCUT2D eigenvalue weighted by Gasteiger charge is -2.43. The van der Waals surface area contributed by atoms with Crippen LogP contribution in [-0.4, -0.2) is 51.1 Å². The fourth-order valence-corrected chi connectivity index (χ4v) is 19.5. The fraction of sp³-hybridized carbons (Fsp3) is 0.184. The second-order valence-corrected chi connectivity index (χ2v) is 26.6. The fourth-order valence-electron chi connectivity index (χ4n) is 8.47. The summed E-state index contributed by atoms with van der Waals surface area (Å²) in [5, 5.41) is 10.8. The van der Waals surface area contributed by atoms with Crippen LogP contribution in [-0.2, 0) is 36.4 Å². The maximum atomic E-state index is 15.4. The number of benzene rings is 8. The summed E-state index contributed by atoms with van der Waals surface area (Å²) >= 11 is 0. The molecule has 2 aliphatic heterocycles. The second kappa shape index (κ2) is 16.0. The Kier molecular flexibility index (Phi) is 10.7. The van der Waals surface area contributed by atoms with Crippen LogP contribution in [0.15, 0.2) is 170 Å². The van der Waals surface area contributed by atoms with Crippen molar-refractivity contribution in [1.29, 1.82) is 0 Å². The Morgan fingerprint density at radius 1 is 0.377 bits per heavy atom. The van der Waals surface area contributed by atoms with Gasteiger partial charge in [-0.05, 0) is 67.4 Å². The van der Waals surface area contributed by atoms with Gasteiger partial charge >= 0.3 is 15.2 Å². The van der Waals surface area contributed by atoms with E-state index < -0.39 is 34.9 Å². The molecule has 0 aliphatic carbocycles. The number of hydrogen-bond donors (Lipinski definition) is 0. The molecule has 8 aromatic carbocycles. The predicted octanol–water partition coefficient (Wildman–Crippen LogP) is 11.1. The van der Waals surface area contributed by atoms with Crippen LogP contribution in [0.2, 0.25) is 0 Å². The molecule has 0 saturated carbocycles. The molecule has 8 nitrogen and oxygen atoms in total. The van der Waals surface area contributed by atoms with Crippen molar-refractivity contribution in [1.82, 2.24) is 0 Å². The molecule has 1 spiro atoms. The molecule has 0 N–H and O–H groups in total. The molecule has 2 saturated heterocycles. The lowest BCUT2D eigenvalue weighted by Crippen LogP contribution is -2.46. The Labute approximate surface area is 355 Å². The average molecular weight is 885 g/mol. The van der Waals surface area contributed by atoms with Gasteiger partial charge in [-0.25, -0.2) is 0 Å². The molecular formula is C49H44O8P4. The molecular weight excluding hydrogens is 840 g/mol. The summed E-state index contributed by atoms with van der Waals surface area (Å²) in [7, 11) is -14.1. The first kappa shape index (κ1) is 40.6. The standard InChI is InChI=1S/C49H44O8P4/c50-58(45-21-17-37-9-1-5-13-41(37)29-45,46-22-18-38-10-2-6-14-42(38)30-46)25-27-60(52)54-33-49(34-55-60)35-56-61(53,57-36-49)28-26-59(51,47-23-19-39-11-3-7-15-43(39)31-47)48-24-20-40-12-4-8-16-44(40)32-48/h1-24,29-32H,25-28,33-36H2. The third-order valence-electron chi connectivity index (χ3n) is 12.2. The van der Waals surface area contributed by atoms with Crippen LogP contribution < -0.4 is 21.2 Å². The minimum absolute atomic E-state index is 0.00675. The van der Waals surface area contributed by atoms with Gasteiger partial charge in [0.1, 0.15) is 14.3 Å². The van der Waals surface area contributed by atoms with Crippen molar-refractivity contribution in [3.05, 3.63) is 170 Å². The molecule has 2 aliphatic rings. The summed E-state index contributed by atoms with van der Waals surface area (Å²) in [6.07, 6.45) is 0.0351. The highest BCUT2D eigenvalue weighted by atomic mass is 31.2. The summed E-state index contributed by atoms with van der Waals surface area (Å²) in [6, 6.07) is 55.2. The highest BCUT2D eigenvalue weighted by Crippen LogP contribution is 2.62. The number of hydrogen-bond acceptors (Lipinski definition) is 8. The van der Waals surface area contributed by atoms with Gasteiger partial charge in [-0.15, -0.1) is 0 Å². The minimum atomic E-state index is -3.70. The lowest BCUT2D eigenvalue weighted by molar-refractivity contribution is -0.0680. The zero-order chi connectivity index (χ0) is 41.7. The largest absolute Gasteiger partial charge is 0.331 e. The van der Waals surface area contributed by atoms with Crippen LogP contribution in [0.5, 0.6) is 0 Å². The first-order valence-electron chi connectivity index (χ1n) is 20.5. The van der Waals surface area contributed by atoms with E-state index >= 15 is 9.13 Å². The number of rotatable bonds is 10.